The van der Waals surface area contributed by atoms with Gasteiger partial charge in [-0.25, -0.2) is 14.4 Å². The van der Waals surface area contributed by atoms with Gasteiger partial charge in [0.2, 0.25) is 5.91 Å². The summed E-state index contributed by atoms with van der Waals surface area (Å²) in [6.45, 7) is 6.92. The van der Waals surface area contributed by atoms with E-state index in [1.807, 2.05) is 24.3 Å². The zero-order valence-electron chi connectivity index (χ0n) is 22.5. The number of fused-ring (bicyclic) bond motifs is 1. The van der Waals surface area contributed by atoms with Crippen LogP contribution >= 0.6 is 0 Å². The Morgan fingerprint density at radius 1 is 1.25 bits per heavy atom. The van der Waals surface area contributed by atoms with E-state index in [9.17, 15) is 4.79 Å². The van der Waals surface area contributed by atoms with E-state index in [1.165, 1.54) is 18.5 Å². The Kier molecular flexibility index (Phi) is 7.82. The molecule has 8 nitrogen and oxygen atoms in total. The van der Waals surface area contributed by atoms with Crippen molar-refractivity contribution in [1.29, 1.82) is 0 Å². The SMILES string of the molecule is C=CC(=O)N1CCC(C(CC)c2ncnc(N)c2/C(=N\C)c2ccc(Oc3ccnc4ccccc34)cc2F)C1. The van der Waals surface area contributed by atoms with Crippen LogP contribution in [0.1, 0.15) is 42.5 Å². The lowest BCUT2D eigenvalue weighted by Crippen LogP contribution is -2.28. The Morgan fingerprint density at radius 3 is 2.83 bits per heavy atom. The fraction of sp³-hybridized carbons (Fsp3) is 0.258. The summed E-state index contributed by atoms with van der Waals surface area (Å²) in [6.07, 6.45) is 6.01. The molecule has 1 aliphatic rings. The van der Waals surface area contributed by atoms with Crippen LogP contribution in [0.2, 0.25) is 0 Å². The van der Waals surface area contributed by atoms with Crippen molar-refractivity contribution in [1.82, 2.24) is 19.9 Å². The number of aromatic nitrogens is 3. The number of ether oxygens (including phenoxy) is 1. The number of halogens is 1. The second-order valence-electron chi connectivity index (χ2n) is 9.71. The topological polar surface area (TPSA) is 107 Å². The first-order valence-electron chi connectivity index (χ1n) is 13.3. The molecule has 3 heterocycles. The maximum absolute atomic E-state index is 15.7. The van der Waals surface area contributed by atoms with Crippen LogP contribution in [0.25, 0.3) is 10.9 Å². The smallest absolute Gasteiger partial charge is 0.245 e. The molecule has 9 heteroatoms. The van der Waals surface area contributed by atoms with E-state index in [0.29, 0.717) is 41.6 Å². The third kappa shape index (κ3) is 5.14. The molecule has 0 radical (unpaired) electrons. The molecule has 0 saturated carbocycles. The highest BCUT2D eigenvalue weighted by Crippen LogP contribution is 2.38. The zero-order chi connectivity index (χ0) is 28.2. The number of nitrogens with zero attached hydrogens (tertiary/aromatic N) is 5. The average molecular weight is 539 g/mol. The summed E-state index contributed by atoms with van der Waals surface area (Å²) in [5, 5.41) is 0.829. The second kappa shape index (κ2) is 11.6. The number of carbonyl (C=O) groups is 1. The molecule has 0 aliphatic carbocycles. The highest BCUT2D eigenvalue weighted by molar-refractivity contribution is 6.16. The Balaban J connectivity index is 1.48. The Labute approximate surface area is 232 Å². The molecule has 2 aromatic carbocycles. The lowest BCUT2D eigenvalue weighted by atomic mass is 9.83. The zero-order valence-corrected chi connectivity index (χ0v) is 22.5. The molecule has 2 N–H and O–H groups in total. The van der Waals surface area contributed by atoms with Crippen molar-refractivity contribution in [3.8, 4) is 11.5 Å². The number of pyridine rings is 1. The number of likely N-dealkylation sites (tertiary alicyclic amines) is 1. The number of nitrogens with two attached hydrogens (primary N) is 1. The van der Waals surface area contributed by atoms with Crippen molar-refractivity contribution >= 4 is 28.3 Å². The van der Waals surface area contributed by atoms with Crippen molar-refractivity contribution in [2.45, 2.75) is 25.7 Å². The Bertz CT molecular complexity index is 1600. The fourth-order valence-corrected chi connectivity index (χ4v) is 5.54. The summed E-state index contributed by atoms with van der Waals surface area (Å²) >= 11 is 0. The number of hydrogen-bond donors (Lipinski definition) is 1. The molecular weight excluding hydrogens is 507 g/mol. The van der Waals surface area contributed by atoms with E-state index < -0.39 is 5.82 Å². The highest BCUT2D eigenvalue weighted by atomic mass is 19.1. The summed E-state index contributed by atoms with van der Waals surface area (Å²) in [5.41, 5.74) is 9.03. The molecule has 40 heavy (non-hydrogen) atoms. The summed E-state index contributed by atoms with van der Waals surface area (Å²) < 4.78 is 21.8. The van der Waals surface area contributed by atoms with Gasteiger partial charge in [-0.15, -0.1) is 0 Å². The molecule has 204 valence electrons. The number of aliphatic imine (C=N–C) groups is 1. The number of carbonyl (C=O) groups excluding carboxylic acids is 1. The van der Waals surface area contributed by atoms with E-state index in [4.69, 9.17) is 10.5 Å². The predicted octanol–water partition coefficient (Wildman–Crippen LogP) is 5.53. The molecule has 2 unspecified atom stereocenters. The normalized spacial score (nSPS) is 16.2. The van der Waals surface area contributed by atoms with Gasteiger partial charge in [0.05, 0.1) is 22.5 Å². The van der Waals surface area contributed by atoms with Crippen molar-refractivity contribution in [3.05, 3.63) is 96.3 Å². The maximum Gasteiger partial charge on any atom is 0.245 e. The minimum atomic E-state index is -0.512. The molecule has 1 fully saturated rings. The quantitative estimate of drug-likeness (QED) is 0.233. The van der Waals surface area contributed by atoms with Gasteiger partial charge in [-0.3, -0.25) is 14.8 Å². The number of hydrogen-bond acceptors (Lipinski definition) is 7. The van der Waals surface area contributed by atoms with Crippen LogP contribution in [0.4, 0.5) is 10.2 Å². The van der Waals surface area contributed by atoms with Crippen molar-refractivity contribution in [2.24, 2.45) is 10.9 Å². The molecule has 1 amide bonds. The largest absolute Gasteiger partial charge is 0.456 e. The fourth-order valence-electron chi connectivity index (χ4n) is 5.54. The number of benzene rings is 2. The van der Waals surface area contributed by atoms with Gasteiger partial charge < -0.3 is 15.4 Å². The number of para-hydroxylation sites is 1. The van der Waals surface area contributed by atoms with Crippen LogP contribution in [-0.4, -0.2) is 51.6 Å². The summed E-state index contributed by atoms with van der Waals surface area (Å²) in [4.78, 5) is 31.6. The highest BCUT2D eigenvalue weighted by Gasteiger charge is 2.34. The van der Waals surface area contributed by atoms with Crippen LogP contribution in [0.5, 0.6) is 11.5 Å². The number of amides is 1. The molecule has 4 aromatic rings. The third-order valence-electron chi connectivity index (χ3n) is 7.47. The molecule has 2 aromatic heterocycles. The lowest BCUT2D eigenvalue weighted by Gasteiger charge is -2.25. The van der Waals surface area contributed by atoms with E-state index in [0.717, 1.165) is 23.7 Å². The van der Waals surface area contributed by atoms with E-state index in [1.54, 1.807) is 36.3 Å². The first-order valence-corrected chi connectivity index (χ1v) is 13.3. The third-order valence-corrected chi connectivity index (χ3v) is 7.47. The monoisotopic (exact) mass is 538 g/mol. The van der Waals surface area contributed by atoms with E-state index in [2.05, 4.69) is 33.4 Å². The van der Waals surface area contributed by atoms with E-state index >= 15 is 4.39 Å². The van der Waals surface area contributed by atoms with Gasteiger partial charge in [0.15, 0.2) is 0 Å². The van der Waals surface area contributed by atoms with Crippen molar-refractivity contribution < 1.29 is 13.9 Å². The second-order valence-corrected chi connectivity index (χ2v) is 9.71. The standard InChI is InChI=1S/C31H31FN6O2/c1-4-21(19-13-15-38(17-19)27(39)5-2)30-28(31(33)37-18-36-30)29(34-3)22-11-10-20(16-24(22)32)40-26-12-14-35-25-9-7-6-8-23(25)26/h5-12,14,16,18-19,21H,2,4,13,15,17H2,1,3H3,(H2,33,36,37)/b34-29-. The van der Waals surface area contributed by atoms with Gasteiger partial charge in [0.25, 0.3) is 0 Å². The van der Waals surface area contributed by atoms with Gasteiger partial charge in [0.1, 0.15) is 29.5 Å². The Hall–Kier alpha value is -4.66. The number of rotatable bonds is 8. The molecular formula is C31H31FN6O2. The number of anilines is 1. The molecule has 5 rings (SSSR count). The summed E-state index contributed by atoms with van der Waals surface area (Å²) in [7, 11) is 1.60. The first kappa shape index (κ1) is 26.9. The summed E-state index contributed by atoms with van der Waals surface area (Å²) in [5.74, 6) is 0.693. The van der Waals surface area contributed by atoms with Gasteiger partial charge in [-0.2, -0.15) is 0 Å². The van der Waals surface area contributed by atoms with Crippen LogP contribution in [-0.2, 0) is 4.79 Å². The molecule has 1 saturated heterocycles. The van der Waals surface area contributed by atoms with Gasteiger partial charge >= 0.3 is 0 Å². The minimum Gasteiger partial charge on any atom is -0.456 e. The van der Waals surface area contributed by atoms with Crippen LogP contribution in [0.3, 0.4) is 0 Å². The van der Waals surface area contributed by atoms with Crippen LogP contribution in [0.15, 0.2) is 78.7 Å². The molecule has 0 spiro atoms. The number of nitrogen functional groups attached to an aromatic ring is 1. The van der Waals surface area contributed by atoms with Crippen molar-refractivity contribution in [3.63, 3.8) is 0 Å². The summed E-state index contributed by atoms with van der Waals surface area (Å²) in [6, 6.07) is 14.0. The van der Waals surface area contributed by atoms with Crippen LogP contribution < -0.4 is 10.5 Å². The van der Waals surface area contributed by atoms with Gasteiger partial charge in [-0.05, 0) is 55.2 Å². The van der Waals surface area contributed by atoms with Crippen molar-refractivity contribution in [2.75, 3.05) is 25.9 Å². The molecule has 2 atom stereocenters. The minimum absolute atomic E-state index is 0.0229. The maximum atomic E-state index is 15.7. The van der Waals surface area contributed by atoms with Gasteiger partial charge in [0, 0.05) is 49.3 Å². The van der Waals surface area contributed by atoms with Crippen LogP contribution in [0, 0.1) is 11.7 Å². The molecule has 0 bridgehead atoms. The predicted molar refractivity (Wildman–Crippen MR) is 154 cm³/mol. The lowest BCUT2D eigenvalue weighted by molar-refractivity contribution is -0.125. The Morgan fingerprint density at radius 2 is 2.08 bits per heavy atom. The average Bonchev–Trinajstić information content (AvgIpc) is 3.46. The molecule has 1 aliphatic heterocycles. The van der Waals surface area contributed by atoms with Gasteiger partial charge in [-0.1, -0.05) is 25.6 Å². The van der Waals surface area contributed by atoms with E-state index in [-0.39, 0.29) is 29.1 Å². The first-order chi connectivity index (χ1) is 19.4.